The van der Waals surface area contributed by atoms with Crippen LogP contribution >= 0.6 is 0 Å². The van der Waals surface area contributed by atoms with Crippen LogP contribution in [0.1, 0.15) is 31.8 Å². The second-order valence-electron chi connectivity index (χ2n) is 14.0. The fourth-order valence-electron chi connectivity index (χ4n) is 6.50. The van der Waals surface area contributed by atoms with Gasteiger partial charge in [-0.25, -0.2) is 42.1 Å². The number of nitrogens with one attached hydrogen (secondary N) is 2. The molecular weight excluding hydrogens is 1120 g/mol. The Morgan fingerprint density at radius 3 is 1.29 bits per heavy atom. The van der Waals surface area contributed by atoms with Gasteiger partial charge in [0.15, 0.2) is 0 Å². The fourth-order valence-corrected chi connectivity index (χ4v) is 9.47. The number of Topliss-reactive ketones (excluding diaryl/α,β-unsaturated/α-hetero) is 2. The monoisotopic (exact) mass is 1140 g/mol. The van der Waals surface area contributed by atoms with Gasteiger partial charge in [-0.15, -0.1) is 5.11 Å². The number of fused-ring (bicyclic) bond motifs is 2. The van der Waals surface area contributed by atoms with Gasteiger partial charge in [-0.05, 0) is 101 Å². The minimum absolute atomic E-state index is 0. The van der Waals surface area contributed by atoms with E-state index in [2.05, 4.69) is 31.3 Å². The van der Waals surface area contributed by atoms with Crippen LogP contribution in [-0.2, 0) is 50.6 Å². The number of nitrogens with two attached hydrogens (primary N) is 2. The van der Waals surface area contributed by atoms with Gasteiger partial charge in [0.05, 0.1) is 58.4 Å². The van der Waals surface area contributed by atoms with E-state index in [0.717, 1.165) is 24.3 Å². The van der Waals surface area contributed by atoms with Crippen LogP contribution in [0.3, 0.4) is 0 Å². The maximum absolute atomic E-state index is 13.7. The molecule has 0 atom stereocenters. The smallest absolute Gasteiger partial charge is 0.744 e. The van der Waals surface area contributed by atoms with Crippen molar-refractivity contribution >= 4 is 120 Å². The van der Waals surface area contributed by atoms with Gasteiger partial charge in [0, 0.05) is 5.69 Å². The van der Waals surface area contributed by atoms with Gasteiger partial charge in [0.1, 0.15) is 67.7 Å². The molecule has 0 fully saturated rings. The number of anilines is 4. The van der Waals surface area contributed by atoms with Crippen molar-refractivity contribution in [1.82, 2.24) is 0 Å². The van der Waals surface area contributed by atoms with Crippen LogP contribution in [0.5, 0.6) is 0 Å². The molecule has 35 heteroatoms. The molecule has 352 valence electrons. The normalized spacial score (nSPS) is 14.7. The summed E-state index contributed by atoms with van der Waals surface area (Å²) in [5.74, 6) is -2.51. The summed E-state index contributed by atoms with van der Waals surface area (Å²) in [5.41, 5.74) is 11.8. The molecule has 6 N–H and O–H groups in total. The molecule has 0 saturated heterocycles. The molecule has 5 aromatic rings. The van der Waals surface area contributed by atoms with Gasteiger partial charge in [0.2, 0.25) is 11.6 Å². The van der Waals surface area contributed by atoms with Crippen LogP contribution < -0.4 is 170 Å². The third-order valence-electron chi connectivity index (χ3n) is 9.61. The van der Waals surface area contributed by atoms with Crippen LogP contribution in [0.25, 0.3) is 23.3 Å². The maximum Gasteiger partial charge on any atom is 1.00 e. The number of hydrogen-bond donors (Lipinski definition) is 4. The van der Waals surface area contributed by atoms with Crippen molar-refractivity contribution in [3.05, 3.63) is 123 Å². The summed E-state index contributed by atoms with van der Waals surface area (Å²) in [6.45, 7) is 0. The van der Waals surface area contributed by atoms with Crippen molar-refractivity contribution in [1.29, 1.82) is 0 Å². The minimum atomic E-state index is -5.54. The Morgan fingerprint density at radius 2 is 0.863 bits per heavy atom. The van der Waals surface area contributed by atoms with Crippen LogP contribution in [0.15, 0.2) is 136 Å². The molecule has 2 aliphatic carbocycles. The first-order chi connectivity index (χ1) is 31.5. The maximum atomic E-state index is 13.7. The molecule has 0 amide bonds. The summed E-state index contributed by atoms with van der Waals surface area (Å²) in [4.78, 5) is 22.0. The Labute approximate surface area is 526 Å². The second kappa shape index (κ2) is 25.4. The summed E-state index contributed by atoms with van der Waals surface area (Å²) >= 11 is 0. The number of benzene rings is 5. The predicted octanol–water partition coefficient (Wildman–Crippen LogP) is -12.2. The van der Waals surface area contributed by atoms with Gasteiger partial charge >= 0.3 is 148 Å². The summed E-state index contributed by atoms with van der Waals surface area (Å²) in [7, 11) is -26.4. The molecule has 5 aromatic carbocycles. The summed E-state index contributed by atoms with van der Waals surface area (Å²) in [6, 6.07) is 17.5. The SMILES string of the molecule is Nc1cc(S(=O)(=O)[O-])cc2c1C(=O)/C(=N\Nc1ccc(-c3ccc(N=Nc4c(S(=O)(=O)[O-])cc5c(c4N)C(=O)/C(=N/Nc4ccc(S(=O)(=O)[O-])cc4)C(S(=O)(=O)[O-])=C5)cc3)cc1)C(S(=O)(=O)[O-])=C2.[Na+].[Na+].[Na+].[Na+].[Na+]. The third-order valence-corrected chi connectivity index (χ3v) is 13.8. The molecule has 0 bridgehead atoms. The molecule has 25 nitrogen and oxygen atoms in total. The zero-order valence-corrected chi connectivity index (χ0v) is 52.3. The largest absolute Gasteiger partial charge is 1.00 e. The Bertz CT molecular complexity index is 3810. The van der Waals surface area contributed by atoms with E-state index in [1.54, 1.807) is 12.1 Å². The molecule has 0 spiro atoms. The number of nitrogens with zero attached hydrogens (tertiary/aromatic N) is 4. The zero-order valence-electron chi connectivity index (χ0n) is 38.2. The van der Waals surface area contributed by atoms with Gasteiger partial charge in [-0.2, -0.15) is 15.3 Å². The number of nitrogen functional groups attached to an aromatic ring is 2. The topological polar surface area (TPSA) is 446 Å². The van der Waals surface area contributed by atoms with E-state index in [-0.39, 0.29) is 165 Å². The minimum Gasteiger partial charge on any atom is -0.744 e. The molecule has 0 aromatic heterocycles. The number of hydrazone groups is 2. The van der Waals surface area contributed by atoms with Gasteiger partial charge < -0.3 is 34.2 Å². The molecule has 0 radical (unpaired) electrons. The molecule has 0 aliphatic heterocycles. The van der Waals surface area contributed by atoms with Crippen LogP contribution in [0, 0.1) is 0 Å². The third kappa shape index (κ3) is 15.2. The quantitative estimate of drug-likeness (QED) is 0.0296. The van der Waals surface area contributed by atoms with Crippen molar-refractivity contribution in [2.45, 2.75) is 14.7 Å². The van der Waals surface area contributed by atoms with Crippen molar-refractivity contribution in [2.24, 2.45) is 20.4 Å². The van der Waals surface area contributed by atoms with Crippen LogP contribution in [-0.4, -0.2) is 87.8 Å². The van der Waals surface area contributed by atoms with E-state index < -0.39 is 137 Å². The Hall–Kier alpha value is -2.39. The molecule has 0 heterocycles. The standard InChI is InChI=1S/C38H28N8O17S5.5Na/c39-27-17-26(65(52,53)54)13-20-14-29(67(58,59)60)35(37(47)31(20)27)45-42-23-7-3-19(4-8-23)18-1-5-22(6-2-18)41-44-34-28(66(55,56)57)15-21-16-30(68(61,62)63)36(38(48)32(21)33(34)40)46-43-24-9-11-25(12-10-24)64(49,50)51;;;;;/h1-17,42-43H,39-40H2,(H,49,50,51)(H,52,53,54)(H,55,56,57)(H,58,59,60)(H,61,62,63);;;;;/q;5*+1/p-5/b44-41?,45-35-,46-36+;;;;;. The number of azo groups is 1. The van der Waals surface area contributed by atoms with Gasteiger partial charge in [-0.3, -0.25) is 20.4 Å². The van der Waals surface area contributed by atoms with Crippen molar-refractivity contribution < 1.29 is 222 Å². The van der Waals surface area contributed by atoms with E-state index in [1.807, 2.05) is 0 Å². The molecule has 0 unspecified atom stereocenters. The predicted molar refractivity (Wildman–Crippen MR) is 234 cm³/mol. The van der Waals surface area contributed by atoms with Gasteiger partial charge in [-0.1, -0.05) is 24.3 Å². The first kappa shape index (κ1) is 66.7. The van der Waals surface area contributed by atoms with E-state index in [0.29, 0.717) is 41.5 Å². The summed E-state index contributed by atoms with van der Waals surface area (Å²) < 4.78 is 179. The number of allylic oxidation sites excluding steroid dienone is 2. The molecule has 7 rings (SSSR count). The van der Waals surface area contributed by atoms with Crippen LogP contribution in [0.4, 0.5) is 34.1 Å². The number of rotatable bonds is 12. The average Bonchev–Trinajstić information content (AvgIpc) is 3.23. The Kier molecular flexibility index (Phi) is 23.2. The van der Waals surface area contributed by atoms with E-state index in [1.165, 1.54) is 36.4 Å². The van der Waals surface area contributed by atoms with Crippen molar-refractivity contribution in [3.8, 4) is 11.1 Å². The van der Waals surface area contributed by atoms with Crippen molar-refractivity contribution in [2.75, 3.05) is 22.3 Å². The number of carbonyl (C=O) groups excluding carboxylic acids is 2. The molecular formula is C38H23N8Na5O17S5. The van der Waals surface area contributed by atoms with E-state index in [4.69, 9.17) is 11.5 Å². The van der Waals surface area contributed by atoms with Crippen LogP contribution in [0.2, 0.25) is 0 Å². The number of hydrogen-bond acceptors (Lipinski definition) is 25. The number of ketones is 2. The first-order valence-electron chi connectivity index (χ1n) is 18.1. The average molecular weight is 1140 g/mol. The fraction of sp³-hybridized carbons (Fsp3) is 0. The molecule has 2 aliphatic rings. The molecule has 0 saturated carbocycles. The zero-order chi connectivity index (χ0) is 49.9. The summed E-state index contributed by atoms with van der Waals surface area (Å²) in [5, 5.41) is 15.2. The number of carbonyl (C=O) groups is 2. The van der Waals surface area contributed by atoms with Crippen molar-refractivity contribution in [3.63, 3.8) is 0 Å². The first-order valence-corrected chi connectivity index (χ1v) is 25.2. The molecule has 73 heavy (non-hydrogen) atoms. The van der Waals surface area contributed by atoms with E-state index in [9.17, 15) is 74.4 Å². The Morgan fingerprint density at radius 1 is 0.452 bits per heavy atom. The van der Waals surface area contributed by atoms with Gasteiger partial charge in [0.25, 0.3) is 0 Å². The second-order valence-corrected chi connectivity index (χ2v) is 20.8. The summed E-state index contributed by atoms with van der Waals surface area (Å²) in [6.07, 6.45) is 1.22. The van der Waals surface area contributed by atoms with E-state index >= 15 is 0 Å². The Balaban J connectivity index is 0.00000365.